The van der Waals surface area contributed by atoms with Gasteiger partial charge in [0.1, 0.15) is 11.9 Å². The van der Waals surface area contributed by atoms with Gasteiger partial charge in [0, 0.05) is 51.9 Å². The van der Waals surface area contributed by atoms with Crippen molar-refractivity contribution in [2.24, 2.45) is 0 Å². The molecule has 1 aromatic carbocycles. The van der Waals surface area contributed by atoms with Gasteiger partial charge in [-0.15, -0.1) is 0 Å². The number of pyridine rings is 1. The topological polar surface area (TPSA) is 115 Å². The van der Waals surface area contributed by atoms with Crippen molar-refractivity contribution >= 4 is 46.8 Å². The molecule has 1 saturated heterocycles. The Balaban J connectivity index is 1.39. The number of hydrogen-bond donors (Lipinski definition) is 3. The lowest BCUT2D eigenvalue weighted by atomic mass is 10.1. The molecule has 0 spiro atoms. The summed E-state index contributed by atoms with van der Waals surface area (Å²) in [6, 6.07) is 9.19. The van der Waals surface area contributed by atoms with Crippen LogP contribution in [0.2, 0.25) is 10.0 Å². The predicted octanol–water partition coefficient (Wildman–Crippen LogP) is 3.00. The summed E-state index contributed by atoms with van der Waals surface area (Å²) in [4.78, 5) is 44.8. The van der Waals surface area contributed by atoms with E-state index in [0.29, 0.717) is 32.6 Å². The summed E-state index contributed by atoms with van der Waals surface area (Å²) in [6.45, 7) is 2.95. The summed E-state index contributed by atoms with van der Waals surface area (Å²) >= 11 is 12.1. The van der Waals surface area contributed by atoms with E-state index in [9.17, 15) is 19.5 Å². The highest BCUT2D eigenvalue weighted by molar-refractivity contribution is 6.39. The van der Waals surface area contributed by atoms with Crippen molar-refractivity contribution < 1.29 is 19.5 Å². The summed E-state index contributed by atoms with van der Waals surface area (Å²) in [5.74, 6) is -0.876. The number of carboxylic acid groups (broad SMARTS) is 1. The number of halogens is 2. The molecular formula is C24H29Cl2N5O4. The molecule has 2 amide bonds. The van der Waals surface area contributed by atoms with Crippen molar-refractivity contribution in [3.05, 3.63) is 58.2 Å². The lowest BCUT2D eigenvalue weighted by Crippen LogP contribution is -2.54. The van der Waals surface area contributed by atoms with Gasteiger partial charge in [-0.1, -0.05) is 35.3 Å². The smallest absolute Gasteiger partial charge is 0.327 e. The first-order valence-corrected chi connectivity index (χ1v) is 12.2. The van der Waals surface area contributed by atoms with Crippen molar-refractivity contribution in [1.29, 1.82) is 0 Å². The first kappa shape index (κ1) is 26.7. The quantitative estimate of drug-likeness (QED) is 0.389. The molecule has 3 rings (SSSR count). The fourth-order valence-corrected chi connectivity index (χ4v) is 4.38. The number of amides is 2. The largest absolute Gasteiger partial charge is 0.480 e. The van der Waals surface area contributed by atoms with Gasteiger partial charge in [-0.2, -0.15) is 0 Å². The molecule has 0 radical (unpaired) electrons. The van der Waals surface area contributed by atoms with Gasteiger partial charge >= 0.3 is 5.97 Å². The normalized spacial score (nSPS) is 14.9. The van der Waals surface area contributed by atoms with Gasteiger partial charge in [-0.3, -0.25) is 14.5 Å². The first-order valence-electron chi connectivity index (χ1n) is 11.5. The van der Waals surface area contributed by atoms with E-state index in [-0.39, 0.29) is 28.1 Å². The van der Waals surface area contributed by atoms with Crippen LogP contribution in [0, 0.1) is 0 Å². The van der Waals surface area contributed by atoms with Crippen LogP contribution in [0.25, 0.3) is 0 Å². The van der Waals surface area contributed by atoms with Gasteiger partial charge < -0.3 is 20.6 Å². The van der Waals surface area contributed by atoms with Crippen molar-refractivity contribution in [3.8, 4) is 0 Å². The van der Waals surface area contributed by atoms with E-state index in [1.807, 2.05) is 23.1 Å². The lowest BCUT2D eigenvalue weighted by molar-refractivity contribution is -0.140. The molecule has 1 aliphatic heterocycles. The average Bonchev–Trinajstić information content (AvgIpc) is 2.84. The van der Waals surface area contributed by atoms with Crippen molar-refractivity contribution in [3.63, 3.8) is 0 Å². The summed E-state index contributed by atoms with van der Waals surface area (Å²) in [6.07, 6.45) is 3.83. The number of hydrogen-bond acceptors (Lipinski definition) is 6. The van der Waals surface area contributed by atoms with Crippen LogP contribution in [-0.2, 0) is 9.59 Å². The first-order chi connectivity index (χ1) is 16.8. The van der Waals surface area contributed by atoms with Gasteiger partial charge in [0.05, 0.1) is 15.6 Å². The van der Waals surface area contributed by atoms with E-state index in [4.69, 9.17) is 23.2 Å². The lowest BCUT2D eigenvalue weighted by Gasteiger charge is -2.36. The van der Waals surface area contributed by atoms with E-state index in [1.165, 1.54) is 12.1 Å². The minimum atomic E-state index is -1.15. The molecular weight excluding hydrogens is 493 g/mol. The van der Waals surface area contributed by atoms with Crippen LogP contribution >= 0.6 is 23.2 Å². The second kappa shape index (κ2) is 13.3. The Bertz CT molecular complexity index is 996. The summed E-state index contributed by atoms with van der Waals surface area (Å²) in [5.41, 5.74) is 0.0488. The van der Waals surface area contributed by atoms with Gasteiger partial charge in [0.25, 0.3) is 5.91 Å². The van der Waals surface area contributed by atoms with E-state index in [2.05, 4.69) is 15.6 Å². The molecule has 35 heavy (non-hydrogen) atoms. The third-order valence-corrected chi connectivity index (χ3v) is 6.38. The Kier molecular flexibility index (Phi) is 10.1. The van der Waals surface area contributed by atoms with E-state index in [0.717, 1.165) is 25.2 Å². The number of piperazine rings is 1. The van der Waals surface area contributed by atoms with Gasteiger partial charge in [-0.05, 0) is 37.1 Å². The molecule has 1 aromatic heterocycles. The highest BCUT2D eigenvalue weighted by Crippen LogP contribution is 2.24. The number of nitrogens with one attached hydrogen (secondary N) is 2. The Morgan fingerprint density at radius 1 is 1.00 bits per heavy atom. The monoisotopic (exact) mass is 521 g/mol. The van der Waals surface area contributed by atoms with Crippen LogP contribution in [0.3, 0.4) is 0 Å². The number of anilines is 1. The molecule has 0 saturated carbocycles. The minimum absolute atomic E-state index is 0.0488. The summed E-state index contributed by atoms with van der Waals surface area (Å²) < 4.78 is 0. The minimum Gasteiger partial charge on any atom is -0.480 e. The zero-order valence-electron chi connectivity index (χ0n) is 19.3. The number of aromatic nitrogens is 1. The molecule has 0 unspecified atom stereocenters. The number of rotatable bonds is 11. The van der Waals surface area contributed by atoms with Crippen LogP contribution < -0.4 is 10.6 Å². The third kappa shape index (κ3) is 8.09. The third-order valence-electron chi connectivity index (χ3n) is 5.75. The van der Waals surface area contributed by atoms with Gasteiger partial charge in [-0.25, -0.2) is 9.78 Å². The Morgan fingerprint density at radius 3 is 2.34 bits per heavy atom. The number of benzene rings is 1. The molecule has 0 bridgehead atoms. The van der Waals surface area contributed by atoms with E-state index >= 15 is 0 Å². The number of aliphatic carboxylic acids is 1. The Morgan fingerprint density at radius 2 is 1.71 bits per heavy atom. The number of unbranched alkanes of at least 4 members (excludes halogenated alkanes) is 1. The summed E-state index contributed by atoms with van der Waals surface area (Å²) in [5, 5.41) is 15.6. The second-order valence-electron chi connectivity index (χ2n) is 8.24. The summed E-state index contributed by atoms with van der Waals surface area (Å²) in [7, 11) is 0. The van der Waals surface area contributed by atoms with Crippen molar-refractivity contribution in [1.82, 2.24) is 20.1 Å². The number of carbonyl (C=O) groups excluding carboxylic acids is 2. The van der Waals surface area contributed by atoms with Crippen LogP contribution in [0.4, 0.5) is 5.82 Å². The molecule has 9 nitrogen and oxygen atoms in total. The molecule has 188 valence electrons. The average molecular weight is 522 g/mol. The highest BCUT2D eigenvalue weighted by atomic mass is 35.5. The van der Waals surface area contributed by atoms with E-state index in [1.54, 1.807) is 17.2 Å². The van der Waals surface area contributed by atoms with Crippen LogP contribution in [0.1, 0.15) is 29.6 Å². The van der Waals surface area contributed by atoms with Crippen molar-refractivity contribution in [2.45, 2.75) is 25.3 Å². The molecule has 2 heterocycles. The Labute approximate surface area is 214 Å². The predicted molar refractivity (Wildman–Crippen MR) is 135 cm³/mol. The number of nitrogens with zero attached hydrogens (tertiary/aromatic N) is 3. The highest BCUT2D eigenvalue weighted by Gasteiger charge is 2.28. The fraction of sp³-hybridized carbons (Fsp3) is 0.417. The maximum atomic E-state index is 12.6. The zero-order chi connectivity index (χ0) is 25.2. The number of carboxylic acids is 1. The van der Waals surface area contributed by atoms with Gasteiger partial charge in [0.2, 0.25) is 5.91 Å². The maximum Gasteiger partial charge on any atom is 0.327 e. The van der Waals surface area contributed by atoms with Crippen LogP contribution in [0.5, 0.6) is 0 Å². The van der Waals surface area contributed by atoms with Crippen LogP contribution in [-0.4, -0.2) is 83.0 Å². The number of carbonyl (C=O) groups is 3. The molecule has 1 fully saturated rings. The van der Waals surface area contributed by atoms with Crippen LogP contribution in [0.15, 0.2) is 42.6 Å². The molecule has 3 N–H and O–H groups in total. The fourth-order valence-electron chi connectivity index (χ4n) is 3.81. The van der Waals surface area contributed by atoms with Crippen molar-refractivity contribution in [2.75, 3.05) is 44.6 Å². The molecule has 1 aliphatic rings. The SMILES string of the molecule is O=C(N[C@@H](CN1CCN(C(=O)CCCCNc2ccccn2)CC1)C(=O)O)c1c(Cl)cccc1Cl. The van der Waals surface area contributed by atoms with E-state index < -0.39 is 17.9 Å². The Hall–Kier alpha value is -2.88. The molecule has 0 aliphatic carbocycles. The standard InChI is InChI=1S/C24H29Cl2N5O4/c25-17-6-5-7-18(26)22(17)23(33)29-19(24(34)35)16-30-12-14-31(15-13-30)21(32)9-2-4-11-28-20-8-1-3-10-27-20/h1,3,5-8,10,19H,2,4,9,11-16H2,(H,27,28)(H,29,33)(H,34,35)/t19-/m0/s1. The zero-order valence-corrected chi connectivity index (χ0v) is 20.8. The maximum absolute atomic E-state index is 12.6. The molecule has 1 atom stereocenters. The molecule has 11 heteroatoms. The van der Waals surface area contributed by atoms with Gasteiger partial charge in [0.15, 0.2) is 0 Å². The molecule has 2 aromatic rings. The second-order valence-corrected chi connectivity index (χ2v) is 9.06.